The van der Waals surface area contributed by atoms with Crippen molar-refractivity contribution in [1.82, 2.24) is 5.32 Å². The summed E-state index contributed by atoms with van der Waals surface area (Å²) >= 11 is 0. The third-order valence-corrected chi connectivity index (χ3v) is 3.05. The minimum absolute atomic E-state index is 0.0601. The lowest BCUT2D eigenvalue weighted by molar-refractivity contribution is -0.116. The largest absolute Gasteiger partial charge is 0.493 e. The minimum Gasteiger partial charge on any atom is -0.493 e. The summed E-state index contributed by atoms with van der Waals surface area (Å²) in [4.78, 5) is 22.3. The molecule has 1 aromatic rings. The maximum absolute atomic E-state index is 11.8. The third-order valence-electron chi connectivity index (χ3n) is 3.05. The predicted molar refractivity (Wildman–Crippen MR) is 84.2 cm³/mol. The average Bonchev–Trinajstić information content (AvgIpc) is 2.50. The summed E-state index contributed by atoms with van der Waals surface area (Å²) in [5, 5.41) is 5.32. The molecule has 0 aromatic heterocycles. The molecule has 0 aliphatic heterocycles. The zero-order valence-electron chi connectivity index (χ0n) is 13.0. The normalized spacial score (nSPS) is 9.91. The fraction of sp³-hybridized carbons (Fsp3) is 0.467. The number of nitrogens with two attached hydrogens (primary N) is 1. The number of nitrogens with one attached hydrogen (secondary N) is 2. The van der Waals surface area contributed by atoms with Crippen LogP contribution in [-0.4, -0.2) is 32.7 Å². The Morgan fingerprint density at radius 1 is 1.09 bits per heavy atom. The van der Waals surface area contributed by atoms with Gasteiger partial charge in [-0.3, -0.25) is 4.79 Å². The Bertz CT molecular complexity index is 506. The Kier molecular flexibility index (Phi) is 7.60. The highest BCUT2D eigenvalue weighted by Crippen LogP contribution is 2.29. The van der Waals surface area contributed by atoms with E-state index in [-0.39, 0.29) is 5.91 Å². The van der Waals surface area contributed by atoms with E-state index in [4.69, 9.17) is 15.2 Å². The Labute approximate surface area is 130 Å². The van der Waals surface area contributed by atoms with Crippen LogP contribution in [0.5, 0.6) is 11.5 Å². The van der Waals surface area contributed by atoms with Gasteiger partial charge in [0.05, 0.1) is 14.2 Å². The van der Waals surface area contributed by atoms with Gasteiger partial charge in [-0.2, -0.15) is 0 Å². The second kappa shape index (κ2) is 9.49. The van der Waals surface area contributed by atoms with Crippen LogP contribution in [0.2, 0.25) is 0 Å². The number of anilines is 1. The number of carbonyl (C=O) groups excluding carboxylic acids is 2. The highest BCUT2D eigenvalue weighted by atomic mass is 16.5. The van der Waals surface area contributed by atoms with E-state index in [1.165, 1.54) is 0 Å². The molecule has 0 radical (unpaired) electrons. The summed E-state index contributed by atoms with van der Waals surface area (Å²) in [5.74, 6) is 1.12. The highest BCUT2D eigenvalue weighted by Gasteiger charge is 2.07. The number of carbonyl (C=O) groups is 2. The van der Waals surface area contributed by atoms with Gasteiger partial charge in [-0.15, -0.1) is 0 Å². The molecular weight excluding hydrogens is 286 g/mol. The molecule has 0 aliphatic carbocycles. The lowest BCUT2D eigenvalue weighted by Gasteiger charge is -2.10. The van der Waals surface area contributed by atoms with Crippen molar-refractivity contribution >= 4 is 17.6 Å². The molecule has 3 amide bonds. The first-order chi connectivity index (χ1) is 10.6. The van der Waals surface area contributed by atoms with Crippen molar-refractivity contribution in [2.75, 3.05) is 26.1 Å². The molecule has 7 nitrogen and oxygen atoms in total. The van der Waals surface area contributed by atoms with Crippen LogP contribution in [0.15, 0.2) is 18.2 Å². The maximum atomic E-state index is 11.8. The second-order valence-electron chi connectivity index (χ2n) is 4.72. The van der Waals surface area contributed by atoms with Crippen LogP contribution < -0.4 is 25.8 Å². The number of primary amides is 1. The van der Waals surface area contributed by atoms with Gasteiger partial charge in [0, 0.05) is 24.7 Å². The number of unbranched alkanes of at least 4 members (excludes halogenated alkanes) is 2. The van der Waals surface area contributed by atoms with E-state index >= 15 is 0 Å². The summed E-state index contributed by atoms with van der Waals surface area (Å²) in [7, 11) is 3.10. The molecule has 7 heteroatoms. The van der Waals surface area contributed by atoms with Crippen molar-refractivity contribution < 1.29 is 19.1 Å². The van der Waals surface area contributed by atoms with Crippen molar-refractivity contribution in [2.45, 2.75) is 25.7 Å². The fourth-order valence-electron chi connectivity index (χ4n) is 1.94. The molecule has 0 atom stereocenters. The van der Waals surface area contributed by atoms with Gasteiger partial charge in [-0.05, 0) is 25.0 Å². The van der Waals surface area contributed by atoms with Gasteiger partial charge >= 0.3 is 6.03 Å². The maximum Gasteiger partial charge on any atom is 0.312 e. The first kappa shape index (κ1) is 17.6. The van der Waals surface area contributed by atoms with Gasteiger partial charge in [-0.25, -0.2) is 4.79 Å². The number of benzene rings is 1. The fourth-order valence-corrected chi connectivity index (χ4v) is 1.94. The molecule has 0 unspecified atom stereocenters. The number of rotatable bonds is 9. The molecule has 22 heavy (non-hydrogen) atoms. The number of amides is 3. The van der Waals surface area contributed by atoms with Crippen LogP contribution in [0, 0.1) is 0 Å². The van der Waals surface area contributed by atoms with Crippen LogP contribution in [0.25, 0.3) is 0 Å². The van der Waals surface area contributed by atoms with Crippen molar-refractivity contribution in [2.24, 2.45) is 5.73 Å². The zero-order chi connectivity index (χ0) is 16.4. The van der Waals surface area contributed by atoms with Crippen LogP contribution >= 0.6 is 0 Å². The molecule has 0 spiro atoms. The number of ether oxygens (including phenoxy) is 2. The van der Waals surface area contributed by atoms with Crippen molar-refractivity contribution in [1.29, 1.82) is 0 Å². The first-order valence-corrected chi connectivity index (χ1v) is 7.12. The van der Waals surface area contributed by atoms with Crippen molar-refractivity contribution in [3.05, 3.63) is 18.2 Å². The molecule has 0 fully saturated rings. The van der Waals surface area contributed by atoms with Gasteiger partial charge < -0.3 is 25.8 Å². The molecule has 0 bridgehead atoms. The van der Waals surface area contributed by atoms with Crippen molar-refractivity contribution in [3.8, 4) is 11.5 Å². The van der Waals surface area contributed by atoms with Gasteiger partial charge in [0.15, 0.2) is 11.5 Å². The van der Waals surface area contributed by atoms with Gasteiger partial charge in [-0.1, -0.05) is 6.42 Å². The minimum atomic E-state index is -0.522. The van der Waals surface area contributed by atoms with Crippen LogP contribution in [0.3, 0.4) is 0 Å². The quantitative estimate of drug-likeness (QED) is 0.606. The van der Waals surface area contributed by atoms with E-state index in [0.29, 0.717) is 30.2 Å². The SMILES string of the molecule is COc1ccc(NC(=O)CCCCCNC(N)=O)cc1OC. The van der Waals surface area contributed by atoms with E-state index in [1.807, 2.05) is 0 Å². The van der Waals surface area contributed by atoms with Crippen LogP contribution in [0.4, 0.5) is 10.5 Å². The molecule has 4 N–H and O–H groups in total. The van der Waals surface area contributed by atoms with E-state index in [1.54, 1.807) is 32.4 Å². The Morgan fingerprint density at radius 2 is 1.82 bits per heavy atom. The molecular formula is C15H23N3O4. The number of methoxy groups -OCH3 is 2. The predicted octanol–water partition coefficient (Wildman–Crippen LogP) is 1.87. The van der Waals surface area contributed by atoms with Gasteiger partial charge in [0.2, 0.25) is 5.91 Å². The number of hydrogen-bond acceptors (Lipinski definition) is 4. The Morgan fingerprint density at radius 3 is 2.45 bits per heavy atom. The Balaban J connectivity index is 2.31. The lowest BCUT2D eigenvalue weighted by Crippen LogP contribution is -2.29. The standard InChI is InChI=1S/C15H23N3O4/c1-21-12-8-7-11(10-13(12)22-2)18-14(19)6-4-3-5-9-17-15(16)20/h7-8,10H,3-6,9H2,1-2H3,(H,18,19)(H3,16,17,20). The zero-order valence-corrected chi connectivity index (χ0v) is 13.0. The molecule has 0 saturated heterocycles. The average molecular weight is 309 g/mol. The van der Waals surface area contributed by atoms with E-state index < -0.39 is 6.03 Å². The summed E-state index contributed by atoms with van der Waals surface area (Å²) in [5.41, 5.74) is 5.62. The summed E-state index contributed by atoms with van der Waals surface area (Å²) in [6, 6.07) is 4.69. The topological polar surface area (TPSA) is 103 Å². The Hall–Kier alpha value is -2.44. The molecule has 0 heterocycles. The third kappa shape index (κ3) is 6.34. The number of hydrogen-bond donors (Lipinski definition) is 3. The first-order valence-electron chi connectivity index (χ1n) is 7.12. The lowest BCUT2D eigenvalue weighted by atomic mass is 10.2. The molecule has 0 aliphatic rings. The molecule has 1 rings (SSSR count). The molecule has 122 valence electrons. The molecule has 1 aromatic carbocycles. The smallest absolute Gasteiger partial charge is 0.312 e. The van der Waals surface area contributed by atoms with E-state index in [0.717, 1.165) is 19.3 Å². The van der Waals surface area contributed by atoms with E-state index in [2.05, 4.69) is 10.6 Å². The van der Waals surface area contributed by atoms with Crippen molar-refractivity contribution in [3.63, 3.8) is 0 Å². The van der Waals surface area contributed by atoms with Crippen LogP contribution in [-0.2, 0) is 4.79 Å². The van der Waals surface area contributed by atoms with E-state index in [9.17, 15) is 9.59 Å². The summed E-state index contributed by atoms with van der Waals surface area (Å²) in [6.45, 7) is 0.534. The summed E-state index contributed by atoms with van der Waals surface area (Å²) in [6.07, 6.45) is 2.82. The summed E-state index contributed by atoms with van der Waals surface area (Å²) < 4.78 is 10.3. The number of urea groups is 1. The second-order valence-corrected chi connectivity index (χ2v) is 4.72. The monoisotopic (exact) mass is 309 g/mol. The van der Waals surface area contributed by atoms with Gasteiger partial charge in [0.1, 0.15) is 0 Å². The van der Waals surface area contributed by atoms with Gasteiger partial charge in [0.25, 0.3) is 0 Å². The molecule has 0 saturated carbocycles. The highest BCUT2D eigenvalue weighted by molar-refractivity contribution is 5.91. The van der Waals surface area contributed by atoms with Crippen LogP contribution in [0.1, 0.15) is 25.7 Å².